The molecule has 0 saturated heterocycles. The molecular weight excluding hydrogens is 158 g/mol. The molecule has 0 unspecified atom stereocenters. The maximum atomic E-state index is 10.9. The van der Waals surface area contributed by atoms with Gasteiger partial charge in [-0.2, -0.15) is 0 Å². The van der Waals surface area contributed by atoms with Gasteiger partial charge in [-0.3, -0.25) is 4.79 Å². The molecule has 0 heterocycles. The summed E-state index contributed by atoms with van der Waals surface area (Å²) in [5.41, 5.74) is 0. The van der Waals surface area contributed by atoms with Gasteiger partial charge in [0.15, 0.2) is 0 Å². The van der Waals surface area contributed by atoms with E-state index in [1.165, 1.54) is 0 Å². The molecule has 0 atom stereocenters. The molecule has 0 aromatic carbocycles. The monoisotopic (exact) mass is 175 g/mol. The predicted molar refractivity (Wildman–Crippen MR) is 45.8 cm³/mol. The van der Waals surface area contributed by atoms with E-state index in [9.17, 15) is 4.79 Å². The Morgan fingerprint density at radius 1 is 1.58 bits per heavy atom. The Bertz CT molecular complexity index is 125. The molecule has 0 fully saturated rings. The van der Waals surface area contributed by atoms with Crippen LogP contribution in [0.25, 0.3) is 0 Å². The number of aliphatic hydroxyl groups excluding tert-OH is 1. The molecule has 1 amide bonds. The minimum atomic E-state index is -0.128. The highest BCUT2D eigenvalue weighted by Gasteiger charge is 2.00. The van der Waals surface area contributed by atoms with Gasteiger partial charge < -0.3 is 15.2 Å². The van der Waals surface area contributed by atoms with E-state index in [0.29, 0.717) is 12.5 Å². The van der Waals surface area contributed by atoms with E-state index in [1.54, 1.807) is 0 Å². The van der Waals surface area contributed by atoms with Gasteiger partial charge in [-0.05, 0) is 5.92 Å². The molecule has 72 valence electrons. The molecule has 0 aliphatic heterocycles. The third kappa shape index (κ3) is 7.50. The van der Waals surface area contributed by atoms with Crippen molar-refractivity contribution in [2.75, 3.05) is 26.4 Å². The van der Waals surface area contributed by atoms with E-state index < -0.39 is 0 Å². The standard InChI is InChI=1S/C8H17NO3/c1-7(2)5-9-8(11)6-12-4-3-10/h7,10H,3-6H2,1-2H3,(H,9,11). The molecule has 0 aromatic heterocycles. The SMILES string of the molecule is CC(C)CNC(=O)COCCO. The van der Waals surface area contributed by atoms with Crippen LogP contribution in [-0.4, -0.2) is 37.4 Å². The first kappa shape index (κ1) is 11.4. The maximum Gasteiger partial charge on any atom is 0.246 e. The highest BCUT2D eigenvalue weighted by atomic mass is 16.5. The number of carbonyl (C=O) groups excluding carboxylic acids is 1. The second-order valence-electron chi connectivity index (χ2n) is 2.97. The number of ether oxygens (including phenoxy) is 1. The zero-order valence-electron chi connectivity index (χ0n) is 7.67. The van der Waals surface area contributed by atoms with E-state index in [2.05, 4.69) is 5.32 Å². The van der Waals surface area contributed by atoms with Crippen LogP contribution in [0, 0.1) is 5.92 Å². The number of hydrogen-bond donors (Lipinski definition) is 2. The highest BCUT2D eigenvalue weighted by molar-refractivity contribution is 5.77. The number of carbonyl (C=O) groups is 1. The predicted octanol–water partition coefficient (Wildman–Crippen LogP) is -0.233. The molecule has 4 nitrogen and oxygen atoms in total. The van der Waals surface area contributed by atoms with E-state index in [1.807, 2.05) is 13.8 Å². The number of amides is 1. The van der Waals surface area contributed by atoms with Crippen LogP contribution in [0.3, 0.4) is 0 Å². The summed E-state index contributed by atoms with van der Waals surface area (Å²) in [6.07, 6.45) is 0. The van der Waals surface area contributed by atoms with Gasteiger partial charge in [0.05, 0.1) is 13.2 Å². The van der Waals surface area contributed by atoms with Gasteiger partial charge in [-0.25, -0.2) is 0 Å². The van der Waals surface area contributed by atoms with Gasteiger partial charge in [0.25, 0.3) is 0 Å². The first-order chi connectivity index (χ1) is 5.66. The molecule has 0 radical (unpaired) electrons. The van der Waals surface area contributed by atoms with E-state index in [4.69, 9.17) is 9.84 Å². The Labute approximate surface area is 72.9 Å². The summed E-state index contributed by atoms with van der Waals surface area (Å²) >= 11 is 0. The molecule has 0 aliphatic carbocycles. The lowest BCUT2D eigenvalue weighted by Gasteiger charge is -2.07. The summed E-state index contributed by atoms with van der Waals surface area (Å²) in [5, 5.41) is 11.0. The van der Waals surface area contributed by atoms with Gasteiger partial charge in [-0.1, -0.05) is 13.8 Å². The summed E-state index contributed by atoms with van der Waals surface area (Å²) in [6.45, 7) is 4.92. The first-order valence-corrected chi connectivity index (χ1v) is 4.12. The topological polar surface area (TPSA) is 58.6 Å². The fourth-order valence-corrected chi connectivity index (χ4v) is 0.598. The third-order valence-electron chi connectivity index (χ3n) is 1.18. The normalized spacial score (nSPS) is 10.3. The van der Waals surface area contributed by atoms with Crippen molar-refractivity contribution >= 4 is 5.91 Å². The Morgan fingerprint density at radius 2 is 2.25 bits per heavy atom. The second-order valence-corrected chi connectivity index (χ2v) is 2.97. The van der Waals surface area contributed by atoms with Crippen molar-refractivity contribution in [2.24, 2.45) is 5.92 Å². The summed E-state index contributed by atoms with van der Waals surface area (Å²) in [6, 6.07) is 0. The molecular formula is C8H17NO3. The van der Waals surface area contributed by atoms with Crippen LogP contribution in [0.5, 0.6) is 0 Å². The smallest absolute Gasteiger partial charge is 0.246 e. The first-order valence-electron chi connectivity index (χ1n) is 4.12. The van der Waals surface area contributed by atoms with Crippen LogP contribution >= 0.6 is 0 Å². The molecule has 0 rings (SSSR count). The van der Waals surface area contributed by atoms with Crippen LogP contribution in [0.2, 0.25) is 0 Å². The summed E-state index contributed by atoms with van der Waals surface area (Å²) in [4.78, 5) is 10.9. The fraction of sp³-hybridized carbons (Fsp3) is 0.875. The average Bonchev–Trinajstić information content (AvgIpc) is 2.01. The number of rotatable bonds is 6. The minimum Gasteiger partial charge on any atom is -0.394 e. The second kappa shape index (κ2) is 7.06. The Hall–Kier alpha value is -0.610. The largest absolute Gasteiger partial charge is 0.394 e. The molecule has 0 aliphatic rings. The summed E-state index contributed by atoms with van der Waals surface area (Å²) < 4.78 is 4.81. The number of aliphatic hydroxyl groups is 1. The van der Waals surface area contributed by atoms with Crippen molar-refractivity contribution in [3.05, 3.63) is 0 Å². The zero-order chi connectivity index (χ0) is 9.40. The van der Waals surface area contributed by atoms with Crippen LogP contribution in [0.15, 0.2) is 0 Å². The van der Waals surface area contributed by atoms with E-state index >= 15 is 0 Å². The molecule has 0 bridgehead atoms. The van der Waals surface area contributed by atoms with Gasteiger partial charge in [0, 0.05) is 6.54 Å². The molecule has 2 N–H and O–H groups in total. The molecule has 0 saturated carbocycles. The third-order valence-corrected chi connectivity index (χ3v) is 1.18. The molecule has 4 heteroatoms. The van der Waals surface area contributed by atoms with Crippen LogP contribution < -0.4 is 5.32 Å². The highest BCUT2D eigenvalue weighted by Crippen LogP contribution is 1.86. The van der Waals surface area contributed by atoms with E-state index in [0.717, 1.165) is 0 Å². The average molecular weight is 175 g/mol. The lowest BCUT2D eigenvalue weighted by atomic mass is 10.2. The van der Waals surface area contributed by atoms with Crippen molar-refractivity contribution in [3.8, 4) is 0 Å². The number of nitrogens with one attached hydrogen (secondary N) is 1. The van der Waals surface area contributed by atoms with Crippen molar-refractivity contribution < 1.29 is 14.6 Å². The van der Waals surface area contributed by atoms with Crippen LogP contribution in [-0.2, 0) is 9.53 Å². The van der Waals surface area contributed by atoms with Crippen molar-refractivity contribution in [1.82, 2.24) is 5.32 Å². The van der Waals surface area contributed by atoms with Crippen LogP contribution in [0.1, 0.15) is 13.8 Å². The summed E-state index contributed by atoms with van der Waals surface area (Å²) in [5.74, 6) is 0.323. The van der Waals surface area contributed by atoms with Gasteiger partial charge >= 0.3 is 0 Å². The number of hydrogen-bond acceptors (Lipinski definition) is 3. The van der Waals surface area contributed by atoms with Gasteiger partial charge in [-0.15, -0.1) is 0 Å². The minimum absolute atomic E-state index is 0.0350. The van der Waals surface area contributed by atoms with E-state index in [-0.39, 0.29) is 25.7 Å². The Kier molecular flexibility index (Phi) is 6.70. The fourth-order valence-electron chi connectivity index (χ4n) is 0.598. The van der Waals surface area contributed by atoms with Crippen LogP contribution in [0.4, 0.5) is 0 Å². The zero-order valence-corrected chi connectivity index (χ0v) is 7.67. The van der Waals surface area contributed by atoms with Gasteiger partial charge in [0.2, 0.25) is 5.91 Å². The van der Waals surface area contributed by atoms with Gasteiger partial charge in [0.1, 0.15) is 6.61 Å². The molecule has 12 heavy (non-hydrogen) atoms. The van der Waals surface area contributed by atoms with Crippen molar-refractivity contribution in [2.45, 2.75) is 13.8 Å². The van der Waals surface area contributed by atoms with Crippen molar-refractivity contribution in [1.29, 1.82) is 0 Å². The Morgan fingerprint density at radius 3 is 2.75 bits per heavy atom. The lowest BCUT2D eigenvalue weighted by Crippen LogP contribution is -2.31. The maximum absolute atomic E-state index is 10.9. The Balaban J connectivity index is 3.22. The molecule has 0 aromatic rings. The quantitative estimate of drug-likeness (QED) is 0.548. The van der Waals surface area contributed by atoms with Crippen molar-refractivity contribution in [3.63, 3.8) is 0 Å². The molecule has 0 spiro atoms. The summed E-state index contributed by atoms with van der Waals surface area (Å²) in [7, 11) is 0. The lowest BCUT2D eigenvalue weighted by molar-refractivity contribution is -0.126.